The molecular formula is C17H16N4O4. The fourth-order valence-corrected chi connectivity index (χ4v) is 3.19. The van der Waals surface area contributed by atoms with Gasteiger partial charge in [0.2, 0.25) is 0 Å². The minimum Gasteiger partial charge on any atom is -0.481 e. The van der Waals surface area contributed by atoms with Crippen LogP contribution < -0.4 is 5.32 Å². The van der Waals surface area contributed by atoms with Crippen LogP contribution >= 0.6 is 0 Å². The number of carboxylic acids is 1. The fraction of sp³-hybridized carbons (Fsp3) is 0.353. The number of non-ortho nitro benzene ring substituents is 1. The molecule has 0 radical (unpaired) electrons. The normalized spacial score (nSPS) is 20.0. The van der Waals surface area contributed by atoms with Gasteiger partial charge in [0.25, 0.3) is 5.69 Å². The smallest absolute Gasteiger partial charge is 0.306 e. The first-order valence-electron chi connectivity index (χ1n) is 7.96. The second-order valence-electron chi connectivity index (χ2n) is 6.16. The van der Waals surface area contributed by atoms with Gasteiger partial charge in [-0.3, -0.25) is 14.9 Å². The molecule has 1 aromatic heterocycles. The zero-order chi connectivity index (χ0) is 18.0. The van der Waals surface area contributed by atoms with Gasteiger partial charge in [0.1, 0.15) is 5.82 Å². The second kappa shape index (κ2) is 6.73. The monoisotopic (exact) mass is 340 g/mol. The van der Waals surface area contributed by atoms with Gasteiger partial charge >= 0.3 is 5.97 Å². The Bertz CT molecular complexity index is 882. The molecule has 0 saturated heterocycles. The molecule has 8 nitrogen and oxygen atoms in total. The van der Waals surface area contributed by atoms with Crippen molar-refractivity contribution in [2.24, 2.45) is 5.92 Å². The third kappa shape index (κ3) is 3.50. The highest BCUT2D eigenvalue weighted by Crippen LogP contribution is 2.29. The van der Waals surface area contributed by atoms with E-state index in [-0.39, 0.29) is 17.6 Å². The summed E-state index contributed by atoms with van der Waals surface area (Å²) in [6, 6.07) is 7.97. The van der Waals surface area contributed by atoms with Gasteiger partial charge in [-0.25, -0.2) is 4.98 Å². The second-order valence-corrected chi connectivity index (χ2v) is 6.16. The van der Waals surface area contributed by atoms with Gasteiger partial charge < -0.3 is 10.4 Å². The summed E-state index contributed by atoms with van der Waals surface area (Å²) in [6.45, 7) is 0. The zero-order valence-electron chi connectivity index (χ0n) is 13.3. The summed E-state index contributed by atoms with van der Waals surface area (Å²) >= 11 is 0. The van der Waals surface area contributed by atoms with E-state index in [4.69, 9.17) is 5.11 Å². The number of aromatic nitrogens is 1. The highest BCUT2D eigenvalue weighted by Gasteiger charge is 2.26. The van der Waals surface area contributed by atoms with Gasteiger partial charge in [-0.15, -0.1) is 0 Å². The number of nitro groups is 1. The van der Waals surface area contributed by atoms with Crippen LogP contribution in [0.5, 0.6) is 0 Å². The van der Waals surface area contributed by atoms with Gasteiger partial charge in [-0.2, -0.15) is 5.26 Å². The van der Waals surface area contributed by atoms with Crippen LogP contribution in [0.4, 0.5) is 11.5 Å². The fourth-order valence-electron chi connectivity index (χ4n) is 3.19. The molecule has 1 heterocycles. The highest BCUT2D eigenvalue weighted by molar-refractivity contribution is 5.88. The molecule has 128 valence electrons. The van der Waals surface area contributed by atoms with E-state index in [0.717, 1.165) is 12.8 Å². The first kappa shape index (κ1) is 16.6. The molecule has 2 aromatic rings. The molecule has 0 atom stereocenters. The van der Waals surface area contributed by atoms with E-state index in [9.17, 15) is 20.2 Å². The summed E-state index contributed by atoms with van der Waals surface area (Å²) in [7, 11) is 0. The number of nitrogens with zero attached hydrogens (tertiary/aromatic N) is 3. The van der Waals surface area contributed by atoms with Gasteiger partial charge in [0.15, 0.2) is 0 Å². The Morgan fingerprint density at radius 1 is 1.32 bits per heavy atom. The summed E-state index contributed by atoms with van der Waals surface area (Å²) in [6.07, 6.45) is 2.66. The van der Waals surface area contributed by atoms with Crippen LogP contribution in [0, 0.1) is 27.4 Å². The van der Waals surface area contributed by atoms with Crippen molar-refractivity contribution in [1.29, 1.82) is 5.26 Å². The minimum atomic E-state index is -0.754. The van der Waals surface area contributed by atoms with E-state index >= 15 is 0 Å². The minimum absolute atomic E-state index is 0.0847. The number of aliphatic carboxylic acids is 1. The van der Waals surface area contributed by atoms with Gasteiger partial charge in [0, 0.05) is 23.6 Å². The molecule has 25 heavy (non-hydrogen) atoms. The number of hydrogen-bond donors (Lipinski definition) is 2. The lowest BCUT2D eigenvalue weighted by atomic mass is 9.86. The van der Waals surface area contributed by atoms with E-state index in [1.165, 1.54) is 18.2 Å². The van der Waals surface area contributed by atoms with Crippen molar-refractivity contribution in [2.75, 3.05) is 5.32 Å². The molecule has 0 spiro atoms. The predicted octanol–water partition coefficient (Wildman–Crippen LogP) is 3.07. The Kier molecular flexibility index (Phi) is 4.48. The van der Waals surface area contributed by atoms with Crippen LogP contribution in [0.15, 0.2) is 24.3 Å². The number of rotatable bonds is 4. The summed E-state index contributed by atoms with van der Waals surface area (Å²) in [5, 5.41) is 33.0. The number of carbonyl (C=O) groups is 1. The molecule has 0 aliphatic heterocycles. The first-order valence-corrected chi connectivity index (χ1v) is 7.96. The molecule has 1 aromatic carbocycles. The van der Waals surface area contributed by atoms with Crippen LogP contribution in [0.3, 0.4) is 0 Å². The molecular weight excluding hydrogens is 324 g/mol. The third-order valence-corrected chi connectivity index (χ3v) is 4.55. The van der Waals surface area contributed by atoms with Crippen molar-refractivity contribution in [1.82, 2.24) is 4.98 Å². The third-order valence-electron chi connectivity index (χ3n) is 4.55. The number of anilines is 1. The number of fused-ring (bicyclic) bond motifs is 1. The summed E-state index contributed by atoms with van der Waals surface area (Å²) in [4.78, 5) is 25.8. The number of pyridine rings is 1. The van der Waals surface area contributed by atoms with Crippen molar-refractivity contribution in [2.45, 2.75) is 31.7 Å². The standard InChI is InChI=1S/C17H16N4O4/c18-9-11-7-16(19-12-3-1-10(2-4-12)17(22)23)20-15-6-5-13(21(24)25)8-14(11)15/h5-8,10,12H,1-4H2,(H,19,20)(H,22,23). The number of nitriles is 1. The average molecular weight is 340 g/mol. The Labute approximate surface area is 143 Å². The molecule has 1 saturated carbocycles. The average Bonchev–Trinajstić information content (AvgIpc) is 2.61. The van der Waals surface area contributed by atoms with Crippen molar-refractivity contribution in [3.63, 3.8) is 0 Å². The molecule has 0 unspecified atom stereocenters. The van der Waals surface area contributed by atoms with Crippen LogP contribution in [0.1, 0.15) is 31.2 Å². The lowest BCUT2D eigenvalue weighted by Crippen LogP contribution is -2.29. The van der Waals surface area contributed by atoms with Crippen LogP contribution in [0.2, 0.25) is 0 Å². The molecule has 2 N–H and O–H groups in total. The molecule has 1 fully saturated rings. The first-order chi connectivity index (χ1) is 12.0. The molecule has 0 amide bonds. The van der Waals surface area contributed by atoms with E-state index < -0.39 is 10.9 Å². The molecule has 1 aliphatic carbocycles. The van der Waals surface area contributed by atoms with Crippen molar-refractivity contribution >= 4 is 28.4 Å². The predicted molar refractivity (Wildman–Crippen MR) is 90.1 cm³/mol. The lowest BCUT2D eigenvalue weighted by molar-refractivity contribution is -0.384. The Morgan fingerprint density at radius 3 is 2.64 bits per heavy atom. The topological polar surface area (TPSA) is 129 Å². The largest absolute Gasteiger partial charge is 0.481 e. The zero-order valence-corrected chi connectivity index (χ0v) is 13.3. The Balaban J connectivity index is 1.84. The van der Waals surface area contributed by atoms with Crippen molar-refractivity contribution in [3.05, 3.63) is 39.9 Å². The molecule has 1 aliphatic rings. The maximum Gasteiger partial charge on any atom is 0.306 e. The maximum absolute atomic E-state index is 11.0. The van der Waals surface area contributed by atoms with Gasteiger partial charge in [-0.05, 0) is 37.8 Å². The van der Waals surface area contributed by atoms with Gasteiger partial charge in [0.05, 0.1) is 28.0 Å². The Morgan fingerprint density at radius 2 is 2.04 bits per heavy atom. The van der Waals surface area contributed by atoms with Crippen LogP contribution in [-0.4, -0.2) is 27.0 Å². The van der Waals surface area contributed by atoms with E-state index in [1.54, 1.807) is 6.07 Å². The quantitative estimate of drug-likeness (QED) is 0.646. The SMILES string of the molecule is N#Cc1cc(NC2CCC(C(=O)O)CC2)nc2ccc([N+](=O)[O-])cc12. The van der Waals surface area contributed by atoms with E-state index in [2.05, 4.69) is 16.4 Å². The maximum atomic E-state index is 11.0. The van der Waals surface area contributed by atoms with Crippen molar-refractivity contribution < 1.29 is 14.8 Å². The van der Waals surface area contributed by atoms with Crippen LogP contribution in [-0.2, 0) is 4.79 Å². The molecule has 0 bridgehead atoms. The molecule has 8 heteroatoms. The summed E-state index contributed by atoms with van der Waals surface area (Å²) < 4.78 is 0. The number of benzene rings is 1. The number of nitrogens with one attached hydrogen (secondary N) is 1. The number of nitro benzene ring substituents is 1. The Hall–Kier alpha value is -3.21. The summed E-state index contributed by atoms with van der Waals surface area (Å²) in [5.74, 6) is -0.523. The van der Waals surface area contributed by atoms with E-state index in [0.29, 0.717) is 35.1 Å². The summed E-state index contributed by atoms with van der Waals surface area (Å²) in [5.41, 5.74) is 0.736. The number of carboxylic acid groups (broad SMARTS) is 1. The molecule has 3 rings (SSSR count). The van der Waals surface area contributed by atoms with Crippen LogP contribution in [0.25, 0.3) is 10.9 Å². The van der Waals surface area contributed by atoms with E-state index in [1.807, 2.05) is 0 Å². The highest BCUT2D eigenvalue weighted by atomic mass is 16.6. The van der Waals surface area contributed by atoms with Gasteiger partial charge in [-0.1, -0.05) is 0 Å². The number of hydrogen-bond acceptors (Lipinski definition) is 6. The lowest BCUT2D eigenvalue weighted by Gasteiger charge is -2.27. The van der Waals surface area contributed by atoms with Crippen molar-refractivity contribution in [3.8, 4) is 6.07 Å².